The Morgan fingerprint density at radius 2 is 1.52 bits per heavy atom. The van der Waals surface area contributed by atoms with Gasteiger partial charge in [-0.3, -0.25) is 4.79 Å². The van der Waals surface area contributed by atoms with Gasteiger partial charge < -0.3 is 15.7 Å². The van der Waals surface area contributed by atoms with Crippen LogP contribution in [0.3, 0.4) is 0 Å². The molecule has 5 N–H and O–H groups in total. The smallest absolute Gasteiger partial charge is 0.252 e. The van der Waals surface area contributed by atoms with Crippen LogP contribution in [-0.2, 0) is 0 Å². The number of rotatable bonds is 5. The number of carbonyl (C=O) groups is 1. The van der Waals surface area contributed by atoms with Gasteiger partial charge in [0.05, 0.1) is 17.2 Å². The highest BCUT2D eigenvalue weighted by atomic mass is 16.8. The van der Waals surface area contributed by atoms with Crippen molar-refractivity contribution >= 4 is 17.3 Å². The second kappa shape index (κ2) is 7.70. The Kier molecular flexibility index (Phi) is 5.85. The molecule has 134 valence electrons. The van der Waals surface area contributed by atoms with Crippen LogP contribution < -0.4 is 15.8 Å². The Bertz CT molecular complexity index is 730. The van der Waals surface area contributed by atoms with Crippen LogP contribution in [0.1, 0.15) is 40.0 Å². The van der Waals surface area contributed by atoms with E-state index >= 15 is 0 Å². The number of hydrogen-bond acceptors (Lipinski definition) is 5. The van der Waals surface area contributed by atoms with E-state index in [0.29, 0.717) is 0 Å². The minimum Gasteiger partial charge on any atom is -0.595 e. The zero-order valence-electron chi connectivity index (χ0n) is 14.2. The van der Waals surface area contributed by atoms with E-state index in [9.17, 15) is 25.6 Å². The van der Waals surface area contributed by atoms with Crippen molar-refractivity contribution < 1.29 is 25.7 Å². The molecule has 0 saturated carbocycles. The minimum absolute atomic E-state index is 0.000591. The molecule has 2 aromatic rings. The predicted octanol–water partition coefficient (Wildman–Crippen LogP) is 0.601. The number of carbonyl (C=O) groups excluding carboxylic acids is 1. The lowest BCUT2D eigenvalue weighted by Gasteiger charge is -2.21. The van der Waals surface area contributed by atoms with Crippen LogP contribution in [0.25, 0.3) is 0 Å². The Hall–Kier alpha value is -2.33. The molecule has 0 aliphatic heterocycles. The number of amides is 1. The molecule has 0 bridgehead atoms. The first-order chi connectivity index (χ1) is 11.7. The monoisotopic (exact) mass is 347 g/mol. The van der Waals surface area contributed by atoms with Gasteiger partial charge in [-0.25, -0.2) is 10.4 Å². The summed E-state index contributed by atoms with van der Waals surface area (Å²) in [4.78, 5) is 12.5. The highest BCUT2D eigenvalue weighted by Crippen LogP contribution is 2.21. The summed E-state index contributed by atoms with van der Waals surface area (Å²) in [6.07, 6.45) is 0. The van der Waals surface area contributed by atoms with Crippen LogP contribution in [-0.4, -0.2) is 16.3 Å². The van der Waals surface area contributed by atoms with Crippen molar-refractivity contribution in [3.05, 3.63) is 69.1 Å². The van der Waals surface area contributed by atoms with Gasteiger partial charge >= 0.3 is 0 Å². The molecule has 8 nitrogen and oxygen atoms in total. The summed E-state index contributed by atoms with van der Waals surface area (Å²) in [5.74, 6) is -0.530. The van der Waals surface area contributed by atoms with Crippen LogP contribution in [0, 0.1) is 24.3 Å². The van der Waals surface area contributed by atoms with Gasteiger partial charge in [-0.05, 0) is 26.3 Å². The van der Waals surface area contributed by atoms with E-state index in [1.807, 2.05) is 31.2 Å². The van der Waals surface area contributed by atoms with Gasteiger partial charge in [0, 0.05) is 12.1 Å². The molecule has 0 aliphatic rings. The normalized spacial score (nSPS) is 14.7. The first kappa shape index (κ1) is 19.0. The topological polar surface area (TPSA) is 125 Å². The highest BCUT2D eigenvalue weighted by molar-refractivity contribution is 5.96. The third kappa shape index (κ3) is 4.40. The summed E-state index contributed by atoms with van der Waals surface area (Å²) in [7, 11) is 0. The van der Waals surface area contributed by atoms with E-state index in [1.54, 1.807) is 6.92 Å². The van der Waals surface area contributed by atoms with Gasteiger partial charge in [-0.2, -0.15) is 10.5 Å². The van der Waals surface area contributed by atoms with Crippen molar-refractivity contribution in [3.8, 4) is 0 Å². The number of benzene rings is 2. The van der Waals surface area contributed by atoms with Gasteiger partial charge in [-0.1, -0.05) is 29.8 Å². The van der Waals surface area contributed by atoms with Crippen molar-refractivity contribution in [1.29, 1.82) is 0 Å². The van der Waals surface area contributed by atoms with E-state index in [4.69, 9.17) is 0 Å². The fraction of sp³-hybridized carbons (Fsp3) is 0.235. The Labute approximate surface area is 145 Å². The highest BCUT2D eigenvalue weighted by Gasteiger charge is 2.21. The Morgan fingerprint density at radius 1 is 1.04 bits per heavy atom. The second-order valence-electron chi connectivity index (χ2n) is 5.91. The standard InChI is InChI=1S/C17H21N3O5/c1-10-4-6-13(7-5-10)12(3)18-17(21)14-8-15(19(22)23)11(2)16(9-14)20(24)25/h4-9,12,19-20,22,24H,1-3H3,(H,18,21)/t12-/m1/s1. The molecule has 0 heterocycles. The number of hydrogen-bond donors (Lipinski definition) is 5. The summed E-state index contributed by atoms with van der Waals surface area (Å²) < 4.78 is 0. The molecule has 1 amide bonds. The van der Waals surface area contributed by atoms with Crippen LogP contribution in [0.4, 0.5) is 11.4 Å². The third-order valence-electron chi connectivity index (χ3n) is 4.06. The average Bonchev–Trinajstić information content (AvgIpc) is 2.54. The van der Waals surface area contributed by atoms with Crippen LogP contribution in [0.15, 0.2) is 36.4 Å². The molecule has 2 aromatic carbocycles. The predicted molar refractivity (Wildman–Crippen MR) is 89.8 cm³/mol. The fourth-order valence-electron chi connectivity index (χ4n) is 2.51. The largest absolute Gasteiger partial charge is 0.595 e. The molecule has 0 fully saturated rings. The van der Waals surface area contributed by atoms with Crippen LogP contribution >= 0.6 is 0 Å². The lowest BCUT2D eigenvalue weighted by molar-refractivity contribution is -0.996. The van der Waals surface area contributed by atoms with Crippen molar-refractivity contribution in [3.63, 3.8) is 0 Å². The van der Waals surface area contributed by atoms with Gasteiger partial charge in [0.1, 0.15) is 0 Å². The van der Waals surface area contributed by atoms with Gasteiger partial charge in [0.2, 0.25) is 0 Å². The second-order valence-corrected chi connectivity index (χ2v) is 5.91. The third-order valence-corrected chi connectivity index (χ3v) is 4.06. The zero-order valence-corrected chi connectivity index (χ0v) is 14.2. The zero-order chi connectivity index (χ0) is 18.7. The molecule has 3 atom stereocenters. The molecular weight excluding hydrogens is 326 g/mol. The van der Waals surface area contributed by atoms with Crippen molar-refractivity contribution in [2.24, 2.45) is 0 Å². The quantitative estimate of drug-likeness (QED) is 0.507. The lowest BCUT2D eigenvalue weighted by atomic mass is 10.0. The number of quaternary nitrogens is 2. The summed E-state index contributed by atoms with van der Waals surface area (Å²) in [6, 6.07) is 9.71. The minimum atomic E-state index is -1.28. The van der Waals surface area contributed by atoms with Gasteiger partial charge in [0.15, 0.2) is 11.4 Å². The molecule has 2 rings (SSSR count). The van der Waals surface area contributed by atoms with E-state index in [2.05, 4.69) is 5.32 Å². The maximum Gasteiger partial charge on any atom is 0.252 e. The molecule has 0 radical (unpaired) electrons. The summed E-state index contributed by atoms with van der Waals surface area (Å²) in [6.45, 7) is 5.16. The van der Waals surface area contributed by atoms with Gasteiger partial charge in [0.25, 0.3) is 5.91 Å². The van der Waals surface area contributed by atoms with Gasteiger partial charge in [-0.15, -0.1) is 0 Å². The van der Waals surface area contributed by atoms with E-state index in [1.165, 1.54) is 19.1 Å². The van der Waals surface area contributed by atoms with Crippen LogP contribution in [0.2, 0.25) is 0 Å². The molecule has 0 aliphatic carbocycles. The summed E-state index contributed by atoms with van der Waals surface area (Å²) >= 11 is 0. The Morgan fingerprint density at radius 3 is 1.96 bits per heavy atom. The maximum atomic E-state index is 12.5. The molecular formula is C17H21N3O5. The van der Waals surface area contributed by atoms with E-state index < -0.39 is 16.4 Å². The lowest BCUT2D eigenvalue weighted by Crippen LogP contribution is -3.01. The number of nitrogens with one attached hydrogen (secondary N) is 3. The average molecular weight is 347 g/mol. The van der Waals surface area contributed by atoms with Crippen molar-refractivity contribution in [1.82, 2.24) is 5.32 Å². The van der Waals surface area contributed by atoms with Crippen LogP contribution in [0.5, 0.6) is 0 Å². The summed E-state index contributed by atoms with van der Waals surface area (Å²) in [5, 5.41) is 41.3. The fourth-order valence-corrected chi connectivity index (χ4v) is 2.51. The van der Waals surface area contributed by atoms with Crippen molar-refractivity contribution in [2.75, 3.05) is 0 Å². The SMILES string of the molecule is Cc1ccc([C@@H](C)NC(=O)c2cc([NH+]([O-])O)c(C)c([NH+]([O-])O)c2)cc1. The maximum absolute atomic E-state index is 12.5. The number of aryl methyl sites for hydroxylation is 1. The Balaban J connectivity index is 2.30. The molecule has 0 spiro atoms. The van der Waals surface area contributed by atoms with Crippen molar-refractivity contribution in [2.45, 2.75) is 26.8 Å². The first-order valence-electron chi connectivity index (χ1n) is 7.69. The molecule has 0 aromatic heterocycles. The molecule has 25 heavy (non-hydrogen) atoms. The summed E-state index contributed by atoms with van der Waals surface area (Å²) in [5.41, 5.74) is 1.70. The first-order valence-corrected chi connectivity index (χ1v) is 7.69. The molecule has 2 unspecified atom stereocenters. The van der Waals surface area contributed by atoms with E-state index in [0.717, 1.165) is 11.1 Å². The molecule has 0 saturated heterocycles. The van der Waals surface area contributed by atoms with E-state index in [-0.39, 0.29) is 28.5 Å². The molecule has 8 heteroatoms.